The summed E-state index contributed by atoms with van der Waals surface area (Å²) in [4.78, 5) is 17.4. The van der Waals surface area contributed by atoms with Crippen LogP contribution in [-0.2, 0) is 0 Å². The minimum Gasteiger partial charge on any atom is -0.331 e. The molecule has 1 aliphatic rings. The van der Waals surface area contributed by atoms with Crippen molar-refractivity contribution in [1.29, 1.82) is 0 Å². The lowest BCUT2D eigenvalue weighted by molar-refractivity contribution is 0.0119. The van der Waals surface area contributed by atoms with Crippen LogP contribution in [0.5, 0.6) is 0 Å². The predicted molar refractivity (Wildman–Crippen MR) is 63.8 cm³/mol. The van der Waals surface area contributed by atoms with Gasteiger partial charge in [-0.25, -0.2) is 13.8 Å². The van der Waals surface area contributed by atoms with Gasteiger partial charge in [0.1, 0.15) is 5.69 Å². The summed E-state index contributed by atoms with van der Waals surface area (Å²) in [5.74, 6) is -2.96. The maximum absolute atomic E-state index is 13.1. The first-order valence-corrected chi connectivity index (χ1v) is 6.03. The van der Waals surface area contributed by atoms with E-state index < -0.39 is 18.4 Å². The highest BCUT2D eigenvalue weighted by molar-refractivity contribution is 5.92. The molecule has 0 spiro atoms. The third-order valence-electron chi connectivity index (χ3n) is 3.04. The Labute approximate surface area is 105 Å². The number of likely N-dealkylation sites (tertiary alicyclic amines) is 1. The van der Waals surface area contributed by atoms with E-state index in [4.69, 9.17) is 0 Å². The number of hydrogen-bond donors (Lipinski definition) is 0. The molecule has 2 heterocycles. The lowest BCUT2D eigenvalue weighted by atomic mass is 10.1. The van der Waals surface area contributed by atoms with Gasteiger partial charge in [-0.2, -0.15) is 0 Å². The first-order chi connectivity index (χ1) is 8.39. The number of aromatic nitrogens is 1. The average Bonchev–Trinajstić information content (AvgIpc) is 2.69. The van der Waals surface area contributed by atoms with E-state index in [0.29, 0.717) is 0 Å². The van der Waals surface area contributed by atoms with Crippen LogP contribution in [0, 0.1) is 0 Å². The van der Waals surface area contributed by atoms with E-state index in [1.54, 1.807) is 12.1 Å². The molecule has 3 nitrogen and oxygen atoms in total. The smallest absolute Gasteiger partial charge is 0.272 e. The zero-order valence-electron chi connectivity index (χ0n) is 10.5. The van der Waals surface area contributed by atoms with Gasteiger partial charge in [-0.15, -0.1) is 0 Å². The quantitative estimate of drug-likeness (QED) is 0.813. The van der Waals surface area contributed by atoms with Crippen molar-refractivity contribution < 1.29 is 13.6 Å². The molecule has 0 saturated carbocycles. The molecule has 5 heteroatoms. The standard InChI is InChI=1S/C13H16F2N2O/c1-9(2)10-4-3-5-11(16-10)12(18)17-7-6-13(14,15)8-17/h3-5,9H,6-8H2,1-2H3. The monoisotopic (exact) mass is 254 g/mol. The topological polar surface area (TPSA) is 33.2 Å². The minimum absolute atomic E-state index is 0.0966. The fourth-order valence-electron chi connectivity index (χ4n) is 1.96. The van der Waals surface area contributed by atoms with Crippen LogP contribution in [0.4, 0.5) is 8.78 Å². The number of hydrogen-bond acceptors (Lipinski definition) is 2. The predicted octanol–water partition coefficient (Wildman–Crippen LogP) is 2.69. The van der Waals surface area contributed by atoms with Crippen LogP contribution in [0.25, 0.3) is 0 Å². The molecule has 18 heavy (non-hydrogen) atoms. The Balaban J connectivity index is 2.17. The van der Waals surface area contributed by atoms with E-state index in [2.05, 4.69) is 4.98 Å². The molecule has 2 rings (SSSR count). The number of rotatable bonds is 2. The molecule has 1 fully saturated rings. The van der Waals surface area contributed by atoms with Gasteiger partial charge in [0, 0.05) is 18.7 Å². The van der Waals surface area contributed by atoms with Gasteiger partial charge in [0.15, 0.2) is 0 Å². The second-order valence-corrected chi connectivity index (χ2v) is 4.94. The molecule has 0 aromatic carbocycles. The molecular formula is C13H16F2N2O. The highest BCUT2D eigenvalue weighted by Crippen LogP contribution is 2.27. The van der Waals surface area contributed by atoms with Crippen molar-refractivity contribution >= 4 is 5.91 Å². The fraction of sp³-hybridized carbons (Fsp3) is 0.538. The van der Waals surface area contributed by atoms with E-state index in [-0.39, 0.29) is 24.6 Å². The van der Waals surface area contributed by atoms with Crippen molar-refractivity contribution in [1.82, 2.24) is 9.88 Å². The largest absolute Gasteiger partial charge is 0.331 e. The Bertz CT molecular complexity index is 460. The molecule has 1 aromatic heterocycles. The summed E-state index contributed by atoms with van der Waals surface area (Å²) in [7, 11) is 0. The number of pyridine rings is 1. The molecule has 0 unspecified atom stereocenters. The zero-order valence-corrected chi connectivity index (χ0v) is 10.5. The van der Waals surface area contributed by atoms with Gasteiger partial charge in [0.05, 0.1) is 6.54 Å². The highest BCUT2D eigenvalue weighted by Gasteiger charge is 2.40. The van der Waals surface area contributed by atoms with Gasteiger partial charge in [0.25, 0.3) is 11.8 Å². The van der Waals surface area contributed by atoms with Crippen molar-refractivity contribution in [3.8, 4) is 0 Å². The molecular weight excluding hydrogens is 238 g/mol. The van der Waals surface area contributed by atoms with Gasteiger partial charge in [-0.1, -0.05) is 19.9 Å². The third kappa shape index (κ3) is 2.66. The molecule has 0 N–H and O–H groups in total. The zero-order chi connectivity index (χ0) is 13.3. The van der Waals surface area contributed by atoms with Crippen molar-refractivity contribution in [3.05, 3.63) is 29.6 Å². The second-order valence-electron chi connectivity index (χ2n) is 4.94. The minimum atomic E-state index is -2.76. The Morgan fingerprint density at radius 2 is 2.17 bits per heavy atom. The summed E-state index contributed by atoms with van der Waals surface area (Å²) in [5.41, 5.74) is 1.05. The van der Waals surface area contributed by atoms with E-state index >= 15 is 0 Å². The number of carbonyl (C=O) groups is 1. The molecule has 0 radical (unpaired) electrons. The maximum Gasteiger partial charge on any atom is 0.272 e. The summed E-state index contributed by atoms with van der Waals surface area (Å²) in [6.07, 6.45) is -0.261. The van der Waals surface area contributed by atoms with E-state index in [9.17, 15) is 13.6 Å². The Kier molecular flexibility index (Phi) is 3.32. The van der Waals surface area contributed by atoms with Gasteiger partial charge in [-0.3, -0.25) is 4.79 Å². The summed E-state index contributed by atoms with van der Waals surface area (Å²) in [6, 6.07) is 5.15. The normalized spacial score (nSPS) is 18.4. The van der Waals surface area contributed by atoms with E-state index in [0.717, 1.165) is 5.69 Å². The summed E-state index contributed by atoms with van der Waals surface area (Å²) >= 11 is 0. The van der Waals surface area contributed by atoms with E-state index in [1.165, 1.54) is 4.90 Å². The maximum atomic E-state index is 13.1. The first kappa shape index (κ1) is 12.9. The Morgan fingerprint density at radius 3 is 2.72 bits per heavy atom. The lowest BCUT2D eigenvalue weighted by Crippen LogP contribution is -2.32. The molecule has 0 aliphatic carbocycles. The van der Waals surface area contributed by atoms with Crippen molar-refractivity contribution in [3.63, 3.8) is 0 Å². The number of carbonyl (C=O) groups excluding carboxylic acids is 1. The molecule has 98 valence electrons. The van der Waals surface area contributed by atoms with Crippen molar-refractivity contribution in [2.75, 3.05) is 13.1 Å². The van der Waals surface area contributed by atoms with Crippen LogP contribution in [-0.4, -0.2) is 34.8 Å². The SMILES string of the molecule is CC(C)c1cccc(C(=O)N2CCC(F)(F)C2)n1. The number of nitrogens with zero attached hydrogens (tertiary/aromatic N) is 2. The Morgan fingerprint density at radius 1 is 1.44 bits per heavy atom. The van der Waals surface area contributed by atoms with Gasteiger partial charge >= 0.3 is 0 Å². The molecule has 1 saturated heterocycles. The van der Waals surface area contributed by atoms with Gasteiger partial charge in [0.2, 0.25) is 0 Å². The molecule has 1 aromatic rings. The van der Waals surface area contributed by atoms with Gasteiger partial charge < -0.3 is 4.90 Å². The Hall–Kier alpha value is -1.52. The molecule has 1 amide bonds. The van der Waals surface area contributed by atoms with Crippen LogP contribution < -0.4 is 0 Å². The van der Waals surface area contributed by atoms with Crippen LogP contribution in [0.3, 0.4) is 0 Å². The second kappa shape index (κ2) is 4.63. The highest BCUT2D eigenvalue weighted by atomic mass is 19.3. The summed E-state index contributed by atoms with van der Waals surface area (Å²) < 4.78 is 26.1. The van der Waals surface area contributed by atoms with Crippen LogP contribution >= 0.6 is 0 Å². The van der Waals surface area contributed by atoms with Gasteiger partial charge in [-0.05, 0) is 18.1 Å². The first-order valence-electron chi connectivity index (χ1n) is 6.03. The number of alkyl halides is 2. The lowest BCUT2D eigenvalue weighted by Gasteiger charge is -2.16. The molecule has 0 bridgehead atoms. The van der Waals surface area contributed by atoms with E-state index in [1.807, 2.05) is 19.9 Å². The molecule has 1 aliphatic heterocycles. The number of halogens is 2. The molecule has 0 atom stereocenters. The fourth-order valence-corrected chi connectivity index (χ4v) is 1.96. The van der Waals surface area contributed by atoms with Crippen LogP contribution in [0.15, 0.2) is 18.2 Å². The third-order valence-corrected chi connectivity index (χ3v) is 3.04. The number of amides is 1. The summed E-state index contributed by atoms with van der Waals surface area (Å²) in [5, 5.41) is 0. The van der Waals surface area contributed by atoms with Crippen LogP contribution in [0.1, 0.15) is 42.4 Å². The summed E-state index contributed by atoms with van der Waals surface area (Å²) in [6.45, 7) is 3.54. The van der Waals surface area contributed by atoms with Crippen molar-refractivity contribution in [2.45, 2.75) is 32.1 Å². The average molecular weight is 254 g/mol. The van der Waals surface area contributed by atoms with Crippen LogP contribution in [0.2, 0.25) is 0 Å². The van der Waals surface area contributed by atoms with Crippen molar-refractivity contribution in [2.24, 2.45) is 0 Å².